The van der Waals surface area contributed by atoms with Crippen LogP contribution in [0, 0.1) is 13.8 Å². The smallest absolute Gasteiger partial charge is 0.285 e. The Bertz CT molecular complexity index is 1090. The number of aromatic nitrogens is 3. The molecule has 3 aromatic rings. The van der Waals surface area contributed by atoms with Crippen LogP contribution in [0.1, 0.15) is 21.7 Å². The van der Waals surface area contributed by atoms with E-state index in [-0.39, 0.29) is 10.6 Å². The fourth-order valence-corrected chi connectivity index (χ4v) is 3.31. The van der Waals surface area contributed by atoms with Gasteiger partial charge in [0.1, 0.15) is 16.3 Å². The number of ether oxygens (including phenoxy) is 1. The second kappa shape index (κ2) is 7.20. The van der Waals surface area contributed by atoms with E-state index in [1.807, 2.05) is 23.8 Å². The largest absolute Gasteiger partial charge is 0.494 e. The number of methoxy groups -OCH3 is 1. The maximum Gasteiger partial charge on any atom is 0.285 e. The van der Waals surface area contributed by atoms with Crippen LogP contribution in [0.25, 0.3) is 5.69 Å². The second-order valence-corrected chi connectivity index (χ2v) is 7.57. The van der Waals surface area contributed by atoms with Gasteiger partial charge in [0.25, 0.3) is 15.9 Å². The molecule has 0 bridgehead atoms. The van der Waals surface area contributed by atoms with E-state index < -0.39 is 15.9 Å². The topological polar surface area (TPSA) is 103 Å². The summed E-state index contributed by atoms with van der Waals surface area (Å²) in [6.45, 7) is 3.66. The van der Waals surface area contributed by atoms with E-state index in [9.17, 15) is 13.2 Å². The van der Waals surface area contributed by atoms with Crippen LogP contribution in [-0.2, 0) is 10.0 Å². The van der Waals surface area contributed by atoms with Crippen LogP contribution in [-0.4, -0.2) is 36.2 Å². The zero-order valence-electron chi connectivity index (χ0n) is 15.0. The van der Waals surface area contributed by atoms with Crippen LogP contribution in [0.5, 0.6) is 5.75 Å². The molecule has 2 aromatic heterocycles. The van der Waals surface area contributed by atoms with Gasteiger partial charge in [-0.3, -0.25) is 9.78 Å². The van der Waals surface area contributed by atoms with Gasteiger partial charge in [-0.05, 0) is 49.7 Å². The lowest BCUT2D eigenvalue weighted by atomic mass is 10.2. The van der Waals surface area contributed by atoms with Crippen molar-refractivity contribution in [2.75, 3.05) is 7.11 Å². The fraction of sp³-hybridized carbons (Fsp3) is 0.167. The van der Waals surface area contributed by atoms with Gasteiger partial charge in [-0.1, -0.05) is 6.07 Å². The minimum absolute atomic E-state index is 0.0396. The number of sulfonamides is 1. The van der Waals surface area contributed by atoms with Crippen molar-refractivity contribution in [2.24, 2.45) is 0 Å². The average Bonchev–Trinajstić information content (AvgIpc) is 3.12. The molecule has 0 saturated heterocycles. The lowest BCUT2D eigenvalue weighted by Crippen LogP contribution is -2.31. The molecule has 0 aliphatic rings. The highest BCUT2D eigenvalue weighted by atomic mass is 32.2. The number of pyridine rings is 1. The van der Waals surface area contributed by atoms with Gasteiger partial charge in [0.2, 0.25) is 0 Å². The molecule has 3 rings (SSSR count). The maximum atomic E-state index is 12.3. The van der Waals surface area contributed by atoms with E-state index in [2.05, 4.69) is 10.1 Å². The van der Waals surface area contributed by atoms with Gasteiger partial charge >= 0.3 is 0 Å². The number of hydrogen-bond acceptors (Lipinski definition) is 6. The highest BCUT2D eigenvalue weighted by Gasteiger charge is 2.21. The Kier molecular flexibility index (Phi) is 4.95. The molecular weight excluding hydrogens is 368 g/mol. The molecule has 0 radical (unpaired) electrons. The summed E-state index contributed by atoms with van der Waals surface area (Å²) >= 11 is 0. The Morgan fingerprint density at radius 3 is 2.59 bits per heavy atom. The Hall–Kier alpha value is -3.20. The fourth-order valence-electron chi connectivity index (χ4n) is 2.40. The number of carbonyl (C=O) groups excluding carboxylic acids is 1. The summed E-state index contributed by atoms with van der Waals surface area (Å²) in [4.78, 5) is 16.2. The van der Waals surface area contributed by atoms with Crippen molar-refractivity contribution in [1.29, 1.82) is 0 Å². The van der Waals surface area contributed by atoms with Gasteiger partial charge in [-0.2, -0.15) is 5.10 Å². The number of nitrogens with zero attached hydrogens (tertiary/aromatic N) is 3. The summed E-state index contributed by atoms with van der Waals surface area (Å²) in [5, 5.41) is 4.17. The third kappa shape index (κ3) is 3.98. The Morgan fingerprint density at radius 1 is 1.15 bits per heavy atom. The summed E-state index contributed by atoms with van der Waals surface area (Å²) in [6, 6.07) is 9.90. The third-order valence-corrected chi connectivity index (χ3v) is 5.14. The van der Waals surface area contributed by atoms with Crippen LogP contribution in [0.3, 0.4) is 0 Å². The van der Waals surface area contributed by atoms with Gasteiger partial charge in [0.05, 0.1) is 7.11 Å². The number of nitrogens with one attached hydrogen (secondary N) is 1. The van der Waals surface area contributed by atoms with Crippen molar-refractivity contribution in [2.45, 2.75) is 18.7 Å². The third-order valence-electron chi connectivity index (χ3n) is 3.82. The van der Waals surface area contributed by atoms with Gasteiger partial charge in [0.15, 0.2) is 5.69 Å². The van der Waals surface area contributed by atoms with Crippen molar-refractivity contribution in [3.8, 4) is 11.4 Å². The number of benzene rings is 1. The van der Waals surface area contributed by atoms with Crippen molar-refractivity contribution in [3.05, 3.63) is 65.7 Å². The van der Waals surface area contributed by atoms with Crippen molar-refractivity contribution in [1.82, 2.24) is 19.5 Å². The molecular formula is C18H18N4O4S. The molecule has 9 heteroatoms. The van der Waals surface area contributed by atoms with Crippen LogP contribution in [0.15, 0.2) is 53.7 Å². The first-order chi connectivity index (χ1) is 12.8. The zero-order valence-corrected chi connectivity index (χ0v) is 15.8. The van der Waals surface area contributed by atoms with Crippen molar-refractivity contribution >= 4 is 15.9 Å². The maximum absolute atomic E-state index is 12.3. The van der Waals surface area contributed by atoms with Gasteiger partial charge in [0, 0.05) is 18.1 Å². The molecule has 0 unspecified atom stereocenters. The molecule has 2 heterocycles. The summed E-state index contributed by atoms with van der Waals surface area (Å²) in [5.41, 5.74) is 2.26. The summed E-state index contributed by atoms with van der Waals surface area (Å²) < 4.78 is 33.4. The monoisotopic (exact) mass is 386 g/mol. The molecule has 1 amide bonds. The predicted octanol–water partition coefficient (Wildman–Crippen LogP) is 2.01. The van der Waals surface area contributed by atoms with E-state index in [1.54, 1.807) is 25.3 Å². The molecule has 1 aromatic carbocycles. The second-order valence-electron chi connectivity index (χ2n) is 5.89. The first-order valence-electron chi connectivity index (χ1n) is 8.00. The van der Waals surface area contributed by atoms with Crippen LogP contribution >= 0.6 is 0 Å². The van der Waals surface area contributed by atoms with Gasteiger partial charge in [-0.15, -0.1) is 0 Å². The molecule has 8 nitrogen and oxygen atoms in total. The predicted molar refractivity (Wildman–Crippen MR) is 98.5 cm³/mol. The van der Waals surface area contributed by atoms with Crippen LogP contribution < -0.4 is 9.46 Å². The van der Waals surface area contributed by atoms with E-state index in [0.717, 1.165) is 5.56 Å². The zero-order chi connectivity index (χ0) is 19.6. The first kappa shape index (κ1) is 18.6. The van der Waals surface area contributed by atoms with Gasteiger partial charge in [-0.25, -0.2) is 17.8 Å². The van der Waals surface area contributed by atoms with Gasteiger partial charge < -0.3 is 4.74 Å². The quantitative estimate of drug-likeness (QED) is 0.719. The van der Waals surface area contributed by atoms with Crippen LogP contribution in [0.2, 0.25) is 0 Å². The molecule has 140 valence electrons. The van der Waals surface area contributed by atoms with E-state index in [1.165, 1.54) is 30.1 Å². The molecule has 0 fully saturated rings. The Balaban J connectivity index is 1.85. The summed E-state index contributed by atoms with van der Waals surface area (Å²) in [5.74, 6) is -0.255. The molecule has 0 atom stereocenters. The lowest BCUT2D eigenvalue weighted by Gasteiger charge is -2.09. The van der Waals surface area contributed by atoms with E-state index in [0.29, 0.717) is 17.1 Å². The minimum Gasteiger partial charge on any atom is -0.494 e. The van der Waals surface area contributed by atoms with Crippen molar-refractivity contribution < 1.29 is 17.9 Å². The van der Waals surface area contributed by atoms with Crippen LogP contribution in [0.4, 0.5) is 0 Å². The first-order valence-corrected chi connectivity index (χ1v) is 9.49. The normalized spacial score (nSPS) is 11.2. The SMILES string of the molecule is COc1ccc(C)cc1-n1ccc(C(=O)NS(=O)(=O)c2ccc(C)nc2)n1. The number of hydrogen-bond donors (Lipinski definition) is 1. The number of carbonyl (C=O) groups is 1. The Labute approximate surface area is 156 Å². The molecule has 0 aliphatic heterocycles. The summed E-state index contributed by atoms with van der Waals surface area (Å²) in [7, 11) is -2.50. The lowest BCUT2D eigenvalue weighted by molar-refractivity contribution is 0.0976. The molecule has 27 heavy (non-hydrogen) atoms. The Morgan fingerprint density at radius 2 is 1.93 bits per heavy atom. The number of rotatable bonds is 5. The highest BCUT2D eigenvalue weighted by molar-refractivity contribution is 7.90. The number of amides is 1. The molecule has 1 N–H and O–H groups in total. The average molecular weight is 386 g/mol. The van der Waals surface area contributed by atoms with E-state index >= 15 is 0 Å². The molecule has 0 spiro atoms. The minimum atomic E-state index is -4.04. The summed E-state index contributed by atoms with van der Waals surface area (Å²) in [6.07, 6.45) is 2.76. The van der Waals surface area contributed by atoms with E-state index in [4.69, 9.17) is 4.74 Å². The van der Waals surface area contributed by atoms with Crippen molar-refractivity contribution in [3.63, 3.8) is 0 Å². The molecule has 0 aliphatic carbocycles. The standard InChI is InChI=1S/C18H18N4O4S/c1-12-4-7-17(26-3)16(10-12)22-9-8-15(20-22)18(23)21-27(24,25)14-6-5-13(2)19-11-14/h4-11H,1-3H3,(H,21,23). The highest BCUT2D eigenvalue weighted by Crippen LogP contribution is 2.23. The number of aryl methyl sites for hydroxylation is 2. The molecule has 0 saturated carbocycles.